The highest BCUT2D eigenvalue weighted by atomic mass is 127. The summed E-state index contributed by atoms with van der Waals surface area (Å²) in [5, 5.41) is 0. The summed E-state index contributed by atoms with van der Waals surface area (Å²) in [7, 11) is 0. The fourth-order valence-electron chi connectivity index (χ4n) is 2.12. The highest BCUT2D eigenvalue weighted by Gasteiger charge is 2.05. The highest BCUT2D eigenvalue weighted by molar-refractivity contribution is 14.1. The maximum atomic E-state index is 4.53. The summed E-state index contributed by atoms with van der Waals surface area (Å²) in [6.45, 7) is 7.46. The lowest BCUT2D eigenvalue weighted by Gasteiger charge is -2.04. The third-order valence-electron chi connectivity index (χ3n) is 3.11. The molecular formula is C15H17IN2. The van der Waals surface area contributed by atoms with Gasteiger partial charge in [-0.3, -0.25) is 4.99 Å². The van der Waals surface area contributed by atoms with Crippen LogP contribution in [0.15, 0.2) is 35.3 Å². The van der Waals surface area contributed by atoms with Crippen molar-refractivity contribution in [2.24, 2.45) is 4.99 Å². The van der Waals surface area contributed by atoms with Crippen LogP contribution in [0.4, 0.5) is 5.69 Å². The molecule has 0 spiro atoms. The van der Waals surface area contributed by atoms with Gasteiger partial charge in [-0.05, 0) is 73.7 Å². The number of hydrogen-bond acceptors (Lipinski definition) is 1. The molecule has 0 radical (unpaired) electrons. The van der Waals surface area contributed by atoms with Crippen LogP contribution in [0, 0.1) is 17.4 Å². The number of hydrogen-bond donors (Lipinski definition) is 0. The summed E-state index contributed by atoms with van der Waals surface area (Å²) in [5.74, 6) is 0. The van der Waals surface area contributed by atoms with Crippen LogP contribution in [0.2, 0.25) is 0 Å². The Balaban J connectivity index is 2.26. The monoisotopic (exact) mass is 352 g/mol. The van der Waals surface area contributed by atoms with Gasteiger partial charge in [0, 0.05) is 33.3 Å². The Hall–Kier alpha value is -1.10. The first-order chi connectivity index (χ1) is 8.61. The van der Waals surface area contributed by atoms with Crippen LogP contribution >= 0.6 is 22.6 Å². The number of halogens is 1. The molecule has 0 aliphatic carbocycles. The van der Waals surface area contributed by atoms with E-state index in [9.17, 15) is 0 Å². The van der Waals surface area contributed by atoms with Gasteiger partial charge >= 0.3 is 0 Å². The van der Waals surface area contributed by atoms with E-state index in [2.05, 4.69) is 71.1 Å². The fraction of sp³-hybridized carbons (Fsp3) is 0.267. The lowest BCUT2D eigenvalue weighted by atomic mass is 10.2. The van der Waals surface area contributed by atoms with Crippen LogP contribution in [-0.2, 0) is 6.54 Å². The zero-order chi connectivity index (χ0) is 13.1. The number of aromatic nitrogens is 1. The molecule has 0 unspecified atom stereocenters. The third kappa shape index (κ3) is 2.83. The minimum Gasteiger partial charge on any atom is -0.349 e. The van der Waals surface area contributed by atoms with Crippen molar-refractivity contribution < 1.29 is 0 Å². The zero-order valence-electron chi connectivity index (χ0n) is 10.9. The molecule has 0 fully saturated rings. The molecule has 0 atom stereocenters. The Morgan fingerprint density at radius 3 is 2.44 bits per heavy atom. The normalized spacial score (nSPS) is 11.3. The molecule has 1 heterocycles. The average Bonchev–Trinajstić information content (AvgIpc) is 2.63. The second-order valence-electron chi connectivity index (χ2n) is 4.31. The molecule has 0 saturated heterocycles. The number of rotatable bonds is 3. The van der Waals surface area contributed by atoms with E-state index >= 15 is 0 Å². The first kappa shape index (κ1) is 13.3. The quantitative estimate of drug-likeness (QED) is 0.573. The molecule has 0 saturated carbocycles. The molecule has 3 heteroatoms. The Morgan fingerprint density at radius 2 is 1.89 bits per heavy atom. The van der Waals surface area contributed by atoms with Gasteiger partial charge in [-0.2, -0.15) is 0 Å². The zero-order valence-corrected chi connectivity index (χ0v) is 13.1. The summed E-state index contributed by atoms with van der Waals surface area (Å²) in [5.41, 5.74) is 4.77. The molecule has 0 bridgehead atoms. The number of nitrogens with zero attached hydrogens (tertiary/aromatic N) is 2. The van der Waals surface area contributed by atoms with Gasteiger partial charge < -0.3 is 4.57 Å². The first-order valence-corrected chi connectivity index (χ1v) is 7.16. The molecule has 1 aromatic carbocycles. The standard InChI is InChI=1S/C15H17IN2/c1-4-18-11(2)9-13(12(18)3)10-17-15-7-5-14(16)6-8-15/h5-10H,4H2,1-3H3. The lowest BCUT2D eigenvalue weighted by Crippen LogP contribution is -1.99. The SMILES string of the molecule is CCn1c(C)cc(C=Nc2ccc(I)cc2)c1C. The van der Waals surface area contributed by atoms with Crippen molar-refractivity contribution >= 4 is 34.5 Å². The van der Waals surface area contributed by atoms with E-state index in [1.807, 2.05) is 18.3 Å². The Morgan fingerprint density at radius 1 is 1.22 bits per heavy atom. The van der Waals surface area contributed by atoms with Crippen LogP contribution in [0.1, 0.15) is 23.9 Å². The second-order valence-corrected chi connectivity index (χ2v) is 5.55. The van der Waals surface area contributed by atoms with Crippen molar-refractivity contribution in [2.75, 3.05) is 0 Å². The molecule has 2 nitrogen and oxygen atoms in total. The highest BCUT2D eigenvalue weighted by Crippen LogP contribution is 2.17. The second kappa shape index (κ2) is 5.69. The smallest absolute Gasteiger partial charge is 0.0630 e. The molecular weight excluding hydrogens is 335 g/mol. The summed E-state index contributed by atoms with van der Waals surface area (Å²) in [4.78, 5) is 4.53. The van der Waals surface area contributed by atoms with E-state index in [1.54, 1.807) is 0 Å². The maximum Gasteiger partial charge on any atom is 0.0630 e. The van der Waals surface area contributed by atoms with Crippen molar-refractivity contribution in [1.82, 2.24) is 4.57 Å². The van der Waals surface area contributed by atoms with Gasteiger partial charge in [-0.1, -0.05) is 0 Å². The summed E-state index contributed by atoms with van der Waals surface area (Å²) >= 11 is 2.30. The lowest BCUT2D eigenvalue weighted by molar-refractivity contribution is 0.718. The van der Waals surface area contributed by atoms with Crippen LogP contribution in [-0.4, -0.2) is 10.8 Å². The van der Waals surface area contributed by atoms with Gasteiger partial charge in [0.05, 0.1) is 5.69 Å². The van der Waals surface area contributed by atoms with E-state index in [1.165, 1.54) is 20.5 Å². The van der Waals surface area contributed by atoms with Gasteiger partial charge in [0.1, 0.15) is 0 Å². The molecule has 0 aliphatic rings. The largest absolute Gasteiger partial charge is 0.349 e. The predicted molar refractivity (Wildman–Crippen MR) is 86.0 cm³/mol. The van der Waals surface area contributed by atoms with Crippen LogP contribution in [0.25, 0.3) is 0 Å². The average molecular weight is 352 g/mol. The third-order valence-corrected chi connectivity index (χ3v) is 3.83. The molecule has 94 valence electrons. The van der Waals surface area contributed by atoms with Gasteiger partial charge in [0.15, 0.2) is 0 Å². The van der Waals surface area contributed by atoms with Gasteiger partial charge in [0.25, 0.3) is 0 Å². The summed E-state index contributed by atoms with van der Waals surface area (Å²) < 4.78 is 3.53. The molecule has 2 rings (SSSR count). The van der Waals surface area contributed by atoms with Crippen LogP contribution < -0.4 is 0 Å². The Labute approximate surface area is 122 Å². The molecule has 1 aromatic heterocycles. The molecule has 2 aromatic rings. The van der Waals surface area contributed by atoms with Gasteiger partial charge in [-0.25, -0.2) is 0 Å². The minimum absolute atomic E-state index is 0.997. The van der Waals surface area contributed by atoms with Crippen molar-refractivity contribution in [1.29, 1.82) is 0 Å². The molecule has 0 N–H and O–H groups in total. The molecule has 18 heavy (non-hydrogen) atoms. The number of benzene rings is 1. The van der Waals surface area contributed by atoms with E-state index in [4.69, 9.17) is 0 Å². The number of aryl methyl sites for hydroxylation is 1. The predicted octanol–water partition coefficient (Wildman–Crippen LogP) is 4.48. The molecule has 0 aliphatic heterocycles. The molecule has 0 amide bonds. The van der Waals surface area contributed by atoms with Crippen molar-refractivity contribution in [3.8, 4) is 0 Å². The first-order valence-electron chi connectivity index (χ1n) is 6.08. The summed E-state index contributed by atoms with van der Waals surface area (Å²) in [6, 6.07) is 10.4. The maximum absolute atomic E-state index is 4.53. The Kier molecular flexibility index (Phi) is 4.22. The number of aliphatic imine (C=N–C) groups is 1. The van der Waals surface area contributed by atoms with Crippen LogP contribution in [0.5, 0.6) is 0 Å². The van der Waals surface area contributed by atoms with E-state index in [0.29, 0.717) is 0 Å². The van der Waals surface area contributed by atoms with E-state index in [0.717, 1.165) is 12.2 Å². The van der Waals surface area contributed by atoms with Crippen molar-refractivity contribution in [2.45, 2.75) is 27.3 Å². The topological polar surface area (TPSA) is 17.3 Å². The van der Waals surface area contributed by atoms with Gasteiger partial charge in [-0.15, -0.1) is 0 Å². The van der Waals surface area contributed by atoms with Crippen molar-refractivity contribution in [3.63, 3.8) is 0 Å². The summed E-state index contributed by atoms with van der Waals surface area (Å²) in [6.07, 6.45) is 1.96. The fourth-order valence-corrected chi connectivity index (χ4v) is 2.48. The van der Waals surface area contributed by atoms with Crippen molar-refractivity contribution in [3.05, 3.63) is 50.9 Å². The van der Waals surface area contributed by atoms with Crippen LogP contribution in [0.3, 0.4) is 0 Å². The van der Waals surface area contributed by atoms with E-state index in [-0.39, 0.29) is 0 Å². The Bertz CT molecular complexity index is 565. The minimum atomic E-state index is 0.997. The van der Waals surface area contributed by atoms with E-state index < -0.39 is 0 Å². The van der Waals surface area contributed by atoms with Gasteiger partial charge in [0.2, 0.25) is 0 Å².